The van der Waals surface area contributed by atoms with E-state index in [9.17, 15) is 4.79 Å². The van der Waals surface area contributed by atoms with E-state index in [1.165, 1.54) is 16.7 Å². The van der Waals surface area contributed by atoms with Crippen molar-refractivity contribution in [1.29, 1.82) is 0 Å². The van der Waals surface area contributed by atoms with E-state index in [1.54, 1.807) is 19.0 Å². The van der Waals surface area contributed by atoms with Crippen LogP contribution in [0.5, 0.6) is 0 Å². The minimum Gasteiger partial charge on any atom is -0.348 e. The number of hydrogen-bond acceptors (Lipinski definition) is 2. The summed E-state index contributed by atoms with van der Waals surface area (Å²) in [5, 5.41) is 3.25. The van der Waals surface area contributed by atoms with Crippen molar-refractivity contribution in [3.8, 4) is 0 Å². The highest BCUT2D eigenvalue weighted by Gasteiger charge is 2.10. The summed E-state index contributed by atoms with van der Waals surface area (Å²) in [5.74, 6) is 0.0987. The highest BCUT2D eigenvalue weighted by atomic mass is 16.2. The van der Waals surface area contributed by atoms with Gasteiger partial charge in [0.15, 0.2) is 0 Å². The Hall–Kier alpha value is -1.35. The second kappa shape index (κ2) is 5.82. The normalized spacial score (nSPS) is 12.3. The van der Waals surface area contributed by atoms with Crippen LogP contribution in [0.15, 0.2) is 18.2 Å². The van der Waals surface area contributed by atoms with Crippen LogP contribution in [0.2, 0.25) is 0 Å². The zero-order valence-electron chi connectivity index (χ0n) is 11.4. The van der Waals surface area contributed by atoms with Crippen LogP contribution in [-0.4, -0.2) is 31.4 Å². The molecule has 17 heavy (non-hydrogen) atoms. The van der Waals surface area contributed by atoms with Crippen LogP contribution >= 0.6 is 0 Å². The number of likely N-dealkylation sites (N-methyl/N-ethyl adjacent to an activating group) is 1. The van der Waals surface area contributed by atoms with Gasteiger partial charge in [0.25, 0.3) is 0 Å². The molecule has 0 saturated heterocycles. The number of aryl methyl sites for hydroxylation is 2. The standard InChI is InChI=1S/C14H22N2O/c1-10-6-7-13(11(2)8-10)12(3)15-9-14(17)16(4)5/h6-8,12,15H,9H2,1-5H3. The van der Waals surface area contributed by atoms with Crippen molar-refractivity contribution < 1.29 is 4.79 Å². The molecule has 1 amide bonds. The molecular formula is C14H22N2O. The summed E-state index contributed by atoms with van der Waals surface area (Å²) in [6.07, 6.45) is 0. The molecule has 0 aliphatic rings. The highest BCUT2D eigenvalue weighted by Crippen LogP contribution is 2.18. The number of benzene rings is 1. The van der Waals surface area contributed by atoms with Crippen molar-refractivity contribution in [3.05, 3.63) is 34.9 Å². The lowest BCUT2D eigenvalue weighted by atomic mass is 10.0. The SMILES string of the molecule is Cc1ccc(C(C)NCC(=O)N(C)C)c(C)c1. The number of amides is 1. The molecule has 3 nitrogen and oxygen atoms in total. The van der Waals surface area contributed by atoms with Gasteiger partial charge in [0.1, 0.15) is 0 Å². The third-order valence-corrected chi connectivity index (χ3v) is 2.95. The Labute approximate surface area is 104 Å². The smallest absolute Gasteiger partial charge is 0.236 e. The van der Waals surface area contributed by atoms with Crippen molar-refractivity contribution in [2.75, 3.05) is 20.6 Å². The average Bonchev–Trinajstić information content (AvgIpc) is 2.25. The average molecular weight is 234 g/mol. The van der Waals surface area contributed by atoms with E-state index in [4.69, 9.17) is 0 Å². The van der Waals surface area contributed by atoms with E-state index >= 15 is 0 Å². The molecular weight excluding hydrogens is 212 g/mol. The Morgan fingerprint density at radius 3 is 2.53 bits per heavy atom. The molecule has 0 radical (unpaired) electrons. The van der Waals surface area contributed by atoms with Crippen LogP contribution in [0, 0.1) is 13.8 Å². The number of carbonyl (C=O) groups excluding carboxylic acids is 1. The van der Waals surface area contributed by atoms with Gasteiger partial charge in [-0.3, -0.25) is 4.79 Å². The van der Waals surface area contributed by atoms with Gasteiger partial charge in [-0.15, -0.1) is 0 Å². The molecule has 1 aromatic carbocycles. The van der Waals surface area contributed by atoms with Crippen molar-refractivity contribution in [2.24, 2.45) is 0 Å². The molecule has 1 N–H and O–H groups in total. The summed E-state index contributed by atoms with van der Waals surface area (Å²) >= 11 is 0. The van der Waals surface area contributed by atoms with Crippen LogP contribution in [0.1, 0.15) is 29.7 Å². The molecule has 0 bridgehead atoms. The first-order valence-electron chi connectivity index (χ1n) is 5.92. The van der Waals surface area contributed by atoms with E-state index in [0.717, 1.165) is 0 Å². The van der Waals surface area contributed by atoms with Gasteiger partial charge in [0.05, 0.1) is 6.54 Å². The molecule has 0 fully saturated rings. The number of hydrogen-bond donors (Lipinski definition) is 1. The first kappa shape index (κ1) is 13.7. The fourth-order valence-corrected chi connectivity index (χ4v) is 1.82. The van der Waals surface area contributed by atoms with Gasteiger partial charge in [-0.2, -0.15) is 0 Å². The van der Waals surface area contributed by atoms with Gasteiger partial charge in [-0.05, 0) is 31.9 Å². The minimum atomic E-state index is 0.0987. The number of nitrogens with zero attached hydrogens (tertiary/aromatic N) is 1. The summed E-state index contributed by atoms with van der Waals surface area (Å²) in [6.45, 7) is 6.65. The van der Waals surface area contributed by atoms with Crippen LogP contribution in [0.25, 0.3) is 0 Å². The van der Waals surface area contributed by atoms with E-state index in [-0.39, 0.29) is 11.9 Å². The van der Waals surface area contributed by atoms with Gasteiger partial charge in [0, 0.05) is 20.1 Å². The Bertz CT molecular complexity index is 399. The molecule has 3 heteroatoms. The summed E-state index contributed by atoms with van der Waals surface area (Å²) in [5.41, 5.74) is 3.78. The molecule has 0 aliphatic heterocycles. The molecule has 1 aromatic rings. The first-order valence-corrected chi connectivity index (χ1v) is 5.92. The van der Waals surface area contributed by atoms with Gasteiger partial charge < -0.3 is 10.2 Å². The van der Waals surface area contributed by atoms with Crippen molar-refractivity contribution in [3.63, 3.8) is 0 Å². The van der Waals surface area contributed by atoms with Gasteiger partial charge in [0.2, 0.25) is 5.91 Å². The first-order chi connectivity index (χ1) is 7.91. The Balaban J connectivity index is 2.64. The third-order valence-electron chi connectivity index (χ3n) is 2.95. The van der Waals surface area contributed by atoms with Crippen molar-refractivity contribution in [1.82, 2.24) is 10.2 Å². The number of carbonyl (C=O) groups is 1. The highest BCUT2D eigenvalue weighted by molar-refractivity contribution is 5.77. The molecule has 1 rings (SSSR count). The lowest BCUT2D eigenvalue weighted by molar-refractivity contribution is -0.127. The van der Waals surface area contributed by atoms with Crippen LogP contribution in [0.4, 0.5) is 0 Å². The Kier molecular flexibility index (Phi) is 4.70. The van der Waals surface area contributed by atoms with Gasteiger partial charge in [-0.1, -0.05) is 23.8 Å². The number of rotatable bonds is 4. The summed E-state index contributed by atoms with van der Waals surface area (Å²) in [7, 11) is 3.54. The zero-order chi connectivity index (χ0) is 13.0. The third kappa shape index (κ3) is 3.86. The maximum absolute atomic E-state index is 11.5. The lowest BCUT2D eigenvalue weighted by Crippen LogP contribution is -2.34. The molecule has 0 aliphatic carbocycles. The zero-order valence-corrected chi connectivity index (χ0v) is 11.4. The van der Waals surface area contributed by atoms with Gasteiger partial charge in [-0.25, -0.2) is 0 Å². The van der Waals surface area contributed by atoms with Crippen LogP contribution < -0.4 is 5.32 Å². The molecule has 0 aromatic heterocycles. The van der Waals surface area contributed by atoms with E-state index in [1.807, 2.05) is 0 Å². The fraction of sp³-hybridized carbons (Fsp3) is 0.500. The maximum atomic E-state index is 11.5. The molecule has 1 atom stereocenters. The van der Waals surface area contributed by atoms with Crippen LogP contribution in [-0.2, 0) is 4.79 Å². The predicted octanol–water partition coefficient (Wildman–Crippen LogP) is 2.04. The van der Waals surface area contributed by atoms with Crippen molar-refractivity contribution >= 4 is 5.91 Å². The largest absolute Gasteiger partial charge is 0.348 e. The van der Waals surface area contributed by atoms with E-state index in [0.29, 0.717) is 6.54 Å². The van der Waals surface area contributed by atoms with E-state index in [2.05, 4.69) is 44.3 Å². The predicted molar refractivity (Wildman–Crippen MR) is 71.0 cm³/mol. The summed E-state index contributed by atoms with van der Waals surface area (Å²) in [6, 6.07) is 6.59. The fourth-order valence-electron chi connectivity index (χ4n) is 1.82. The summed E-state index contributed by atoms with van der Waals surface area (Å²) in [4.78, 5) is 13.1. The van der Waals surface area contributed by atoms with Crippen LogP contribution in [0.3, 0.4) is 0 Å². The van der Waals surface area contributed by atoms with Crippen molar-refractivity contribution in [2.45, 2.75) is 26.8 Å². The quantitative estimate of drug-likeness (QED) is 0.864. The molecule has 0 spiro atoms. The Morgan fingerprint density at radius 2 is 2.00 bits per heavy atom. The van der Waals surface area contributed by atoms with Gasteiger partial charge >= 0.3 is 0 Å². The van der Waals surface area contributed by atoms with E-state index < -0.39 is 0 Å². The minimum absolute atomic E-state index is 0.0987. The Morgan fingerprint density at radius 1 is 1.35 bits per heavy atom. The second-order valence-electron chi connectivity index (χ2n) is 4.75. The molecule has 1 unspecified atom stereocenters. The topological polar surface area (TPSA) is 32.3 Å². The summed E-state index contributed by atoms with van der Waals surface area (Å²) < 4.78 is 0. The molecule has 0 heterocycles. The molecule has 0 saturated carbocycles. The second-order valence-corrected chi connectivity index (χ2v) is 4.75. The monoisotopic (exact) mass is 234 g/mol. The lowest BCUT2D eigenvalue weighted by Gasteiger charge is -2.18. The number of nitrogens with one attached hydrogen (secondary N) is 1. The molecule has 94 valence electrons. The maximum Gasteiger partial charge on any atom is 0.236 e.